The number of aromatic amines is 1. The first-order valence-corrected chi connectivity index (χ1v) is 8.98. The molecule has 7 nitrogen and oxygen atoms in total. The van der Waals surface area contributed by atoms with Gasteiger partial charge in [0.1, 0.15) is 16.6 Å². The lowest BCUT2D eigenvalue weighted by Crippen LogP contribution is -1.91. The summed E-state index contributed by atoms with van der Waals surface area (Å²) < 4.78 is 5.71. The summed E-state index contributed by atoms with van der Waals surface area (Å²) in [4.78, 5) is 22.0. The Balaban J connectivity index is 1.68. The first kappa shape index (κ1) is 18.5. The van der Waals surface area contributed by atoms with Crippen LogP contribution in [0.2, 0.25) is 15.2 Å². The van der Waals surface area contributed by atoms with Crippen LogP contribution in [0.15, 0.2) is 48.5 Å². The quantitative estimate of drug-likeness (QED) is 0.231. The molecule has 0 saturated heterocycles. The number of hydrogen-bond donors (Lipinski definition) is 1. The molecule has 0 bridgehead atoms. The molecular formula is C18H9Cl3N4O3. The first-order valence-electron chi connectivity index (χ1n) is 7.85. The van der Waals surface area contributed by atoms with Crippen LogP contribution >= 0.6 is 34.8 Å². The molecule has 10 heteroatoms. The monoisotopic (exact) mass is 434 g/mol. The predicted molar refractivity (Wildman–Crippen MR) is 108 cm³/mol. The lowest BCUT2D eigenvalue weighted by molar-refractivity contribution is -0.384. The van der Waals surface area contributed by atoms with Gasteiger partial charge in [0.05, 0.1) is 21.0 Å². The molecule has 2 aromatic carbocycles. The van der Waals surface area contributed by atoms with Crippen LogP contribution in [0.5, 0.6) is 11.6 Å². The van der Waals surface area contributed by atoms with E-state index in [1.165, 1.54) is 18.2 Å². The number of halogens is 3. The number of hydrogen-bond acceptors (Lipinski definition) is 5. The van der Waals surface area contributed by atoms with Crippen LogP contribution in [0, 0.1) is 10.1 Å². The van der Waals surface area contributed by atoms with Crippen molar-refractivity contribution in [3.63, 3.8) is 0 Å². The van der Waals surface area contributed by atoms with E-state index in [2.05, 4.69) is 15.0 Å². The number of nitrogens with one attached hydrogen (secondary N) is 1. The number of fused-ring (bicyclic) bond motifs is 1. The van der Waals surface area contributed by atoms with Crippen LogP contribution in [-0.4, -0.2) is 19.9 Å². The van der Waals surface area contributed by atoms with Crippen molar-refractivity contribution >= 4 is 51.5 Å². The number of imidazole rings is 1. The molecule has 0 aliphatic carbocycles. The van der Waals surface area contributed by atoms with Gasteiger partial charge in [-0.05, 0) is 24.3 Å². The third-order valence-corrected chi connectivity index (χ3v) is 4.80. The first-order chi connectivity index (χ1) is 13.4. The maximum absolute atomic E-state index is 10.9. The molecule has 0 unspecified atom stereocenters. The number of rotatable bonds is 4. The summed E-state index contributed by atoms with van der Waals surface area (Å²) in [5, 5.41) is 11.5. The van der Waals surface area contributed by atoms with Crippen molar-refractivity contribution in [2.75, 3.05) is 0 Å². The van der Waals surface area contributed by atoms with Crippen molar-refractivity contribution in [1.29, 1.82) is 0 Å². The van der Waals surface area contributed by atoms with Gasteiger partial charge in [-0.25, -0.2) is 4.98 Å². The summed E-state index contributed by atoms with van der Waals surface area (Å²) in [5.74, 6) is 1.11. The van der Waals surface area contributed by atoms with E-state index >= 15 is 0 Å². The van der Waals surface area contributed by atoms with E-state index in [9.17, 15) is 10.1 Å². The Morgan fingerprint density at radius 2 is 1.82 bits per heavy atom. The van der Waals surface area contributed by atoms with E-state index < -0.39 is 4.92 Å². The van der Waals surface area contributed by atoms with Crippen molar-refractivity contribution in [2.24, 2.45) is 0 Å². The highest BCUT2D eigenvalue weighted by atomic mass is 35.5. The maximum atomic E-state index is 10.9. The van der Waals surface area contributed by atoms with Crippen molar-refractivity contribution in [1.82, 2.24) is 15.0 Å². The molecule has 4 aromatic rings. The molecule has 1 N–H and O–H groups in total. The Bertz CT molecular complexity index is 1230. The second-order valence-electron chi connectivity index (χ2n) is 5.72. The minimum absolute atomic E-state index is 0.0138. The van der Waals surface area contributed by atoms with Gasteiger partial charge in [0.2, 0.25) is 5.88 Å². The molecule has 2 aromatic heterocycles. The zero-order valence-corrected chi connectivity index (χ0v) is 16.1. The third-order valence-electron chi connectivity index (χ3n) is 3.85. The summed E-state index contributed by atoms with van der Waals surface area (Å²) in [6.07, 6.45) is 0. The minimum Gasteiger partial charge on any atom is -0.437 e. The van der Waals surface area contributed by atoms with Gasteiger partial charge >= 0.3 is 0 Å². The smallest absolute Gasteiger partial charge is 0.271 e. The van der Waals surface area contributed by atoms with E-state index in [4.69, 9.17) is 39.5 Å². The van der Waals surface area contributed by atoms with E-state index in [1.807, 2.05) is 6.07 Å². The maximum Gasteiger partial charge on any atom is 0.271 e. The van der Waals surface area contributed by atoms with Crippen LogP contribution in [0.4, 0.5) is 5.69 Å². The molecule has 0 aliphatic heterocycles. The molecule has 0 amide bonds. The fourth-order valence-corrected chi connectivity index (χ4v) is 3.09. The lowest BCUT2D eigenvalue weighted by Gasteiger charge is -2.08. The summed E-state index contributed by atoms with van der Waals surface area (Å²) >= 11 is 17.9. The molecule has 28 heavy (non-hydrogen) atoms. The second kappa shape index (κ2) is 7.27. The largest absolute Gasteiger partial charge is 0.437 e. The van der Waals surface area contributed by atoms with Gasteiger partial charge < -0.3 is 9.72 Å². The van der Waals surface area contributed by atoms with Gasteiger partial charge in [-0.2, -0.15) is 4.98 Å². The molecule has 0 radical (unpaired) electrons. The highest BCUT2D eigenvalue weighted by Gasteiger charge is 2.13. The topological polar surface area (TPSA) is 93.9 Å². The minimum atomic E-state index is -0.456. The molecule has 2 heterocycles. The van der Waals surface area contributed by atoms with E-state index in [-0.39, 0.29) is 26.8 Å². The van der Waals surface area contributed by atoms with E-state index in [1.54, 1.807) is 24.3 Å². The Kier molecular flexibility index (Phi) is 4.80. The lowest BCUT2D eigenvalue weighted by atomic mass is 10.2. The zero-order valence-electron chi connectivity index (χ0n) is 13.8. The van der Waals surface area contributed by atoms with Crippen LogP contribution < -0.4 is 4.74 Å². The van der Waals surface area contributed by atoms with E-state index in [0.717, 1.165) is 0 Å². The van der Waals surface area contributed by atoms with Gasteiger partial charge in [0.25, 0.3) is 5.69 Å². The van der Waals surface area contributed by atoms with Crippen LogP contribution in [0.1, 0.15) is 0 Å². The average Bonchev–Trinajstić information content (AvgIpc) is 3.09. The molecule has 0 saturated carbocycles. The molecule has 0 aliphatic rings. The predicted octanol–water partition coefficient (Wildman–Crippen LogP) is 6.29. The SMILES string of the molecule is O=[N+]([O-])c1ccc2nc(-c3cccc(Oc4nc(Cl)c(Cl)cc4Cl)c3)[nH]c2c1. The fourth-order valence-electron chi connectivity index (χ4n) is 2.57. The normalized spacial score (nSPS) is 11.0. The third kappa shape index (κ3) is 3.60. The van der Waals surface area contributed by atoms with Crippen molar-refractivity contribution < 1.29 is 9.66 Å². The summed E-state index contributed by atoms with van der Waals surface area (Å²) in [7, 11) is 0. The van der Waals surface area contributed by atoms with Gasteiger partial charge in [0, 0.05) is 17.7 Å². The molecule has 0 atom stereocenters. The highest BCUT2D eigenvalue weighted by molar-refractivity contribution is 6.42. The van der Waals surface area contributed by atoms with Gasteiger partial charge in [0.15, 0.2) is 5.15 Å². The Hall–Kier alpha value is -2.87. The molecular weight excluding hydrogens is 427 g/mol. The Morgan fingerprint density at radius 3 is 2.61 bits per heavy atom. The number of aromatic nitrogens is 3. The van der Waals surface area contributed by atoms with Gasteiger partial charge in [-0.1, -0.05) is 46.9 Å². The molecule has 0 fully saturated rings. The van der Waals surface area contributed by atoms with E-state index in [0.29, 0.717) is 28.2 Å². The molecule has 4 rings (SSSR count). The average molecular weight is 436 g/mol. The van der Waals surface area contributed by atoms with Crippen LogP contribution in [0.25, 0.3) is 22.4 Å². The Morgan fingerprint density at radius 1 is 1.00 bits per heavy atom. The summed E-state index contributed by atoms with van der Waals surface area (Å²) in [6, 6.07) is 12.9. The number of ether oxygens (including phenoxy) is 1. The van der Waals surface area contributed by atoms with Crippen LogP contribution in [-0.2, 0) is 0 Å². The van der Waals surface area contributed by atoms with Gasteiger partial charge in [-0.3, -0.25) is 10.1 Å². The number of nitrogens with zero attached hydrogens (tertiary/aromatic N) is 3. The number of benzene rings is 2. The van der Waals surface area contributed by atoms with Crippen molar-refractivity contribution in [2.45, 2.75) is 0 Å². The Labute approximate surface area is 173 Å². The van der Waals surface area contributed by atoms with Crippen LogP contribution in [0.3, 0.4) is 0 Å². The fraction of sp³-hybridized carbons (Fsp3) is 0. The highest BCUT2D eigenvalue weighted by Crippen LogP contribution is 2.34. The number of nitro groups is 1. The van der Waals surface area contributed by atoms with Gasteiger partial charge in [-0.15, -0.1) is 0 Å². The number of H-pyrrole nitrogens is 1. The van der Waals surface area contributed by atoms with Crippen molar-refractivity contribution in [3.8, 4) is 23.0 Å². The molecule has 0 spiro atoms. The summed E-state index contributed by atoms with van der Waals surface area (Å²) in [5.41, 5.74) is 1.87. The summed E-state index contributed by atoms with van der Waals surface area (Å²) in [6.45, 7) is 0. The zero-order chi connectivity index (χ0) is 19.8. The second-order valence-corrected chi connectivity index (χ2v) is 6.89. The number of non-ortho nitro benzene ring substituents is 1. The molecule has 140 valence electrons. The number of nitro benzene ring substituents is 1. The van der Waals surface area contributed by atoms with Crippen molar-refractivity contribution in [3.05, 3.63) is 73.8 Å². The number of pyridine rings is 1. The standard InChI is InChI=1S/C18H9Cl3N4O3/c19-12-8-13(20)18(24-16(12)21)28-11-3-1-2-9(6-11)17-22-14-5-4-10(25(26)27)7-15(14)23-17/h1-8H,(H,22,23).